The summed E-state index contributed by atoms with van der Waals surface area (Å²) < 4.78 is 1.74. The highest BCUT2D eigenvalue weighted by Gasteiger charge is 2.18. The number of carbonyl (C=O) groups is 1. The van der Waals surface area contributed by atoms with Gasteiger partial charge in [0.1, 0.15) is 4.83 Å². The molecule has 1 amide bonds. The Morgan fingerprint density at radius 2 is 2.00 bits per heavy atom. The molecule has 0 bridgehead atoms. The van der Waals surface area contributed by atoms with Crippen molar-refractivity contribution in [3.8, 4) is 0 Å². The highest BCUT2D eigenvalue weighted by molar-refractivity contribution is 7.99. The maximum atomic E-state index is 13.1. The van der Waals surface area contributed by atoms with E-state index in [-0.39, 0.29) is 23.3 Å². The lowest BCUT2D eigenvalue weighted by molar-refractivity contribution is -0.119. The van der Waals surface area contributed by atoms with Crippen molar-refractivity contribution in [2.45, 2.75) is 58.3 Å². The van der Waals surface area contributed by atoms with Crippen LogP contribution in [-0.2, 0) is 11.3 Å². The van der Waals surface area contributed by atoms with Gasteiger partial charge in [-0.2, -0.15) is 0 Å². The molecule has 1 atom stereocenters. The summed E-state index contributed by atoms with van der Waals surface area (Å²) in [6.07, 6.45) is 1.89. The number of aryl methyl sites for hydroxylation is 2. The fraction of sp³-hybridized carbons (Fsp3) is 0.409. The Hall–Kier alpha value is -2.12. The van der Waals surface area contributed by atoms with E-state index in [0.29, 0.717) is 11.7 Å². The summed E-state index contributed by atoms with van der Waals surface area (Å²) in [6.45, 7) is 8.69. The zero-order valence-electron chi connectivity index (χ0n) is 17.3. The molecule has 1 unspecified atom stereocenters. The molecule has 2 aromatic heterocycles. The van der Waals surface area contributed by atoms with E-state index < -0.39 is 0 Å². The number of benzene rings is 1. The second kappa shape index (κ2) is 9.59. The SMILES string of the molecule is CCCCn1c(SCC(=O)NC(C)c2ccccc2)nc2sc(C)c(C)c2c1=O. The molecule has 1 aromatic carbocycles. The van der Waals surface area contributed by atoms with Gasteiger partial charge >= 0.3 is 0 Å². The molecule has 7 heteroatoms. The van der Waals surface area contributed by atoms with Crippen LogP contribution in [0.25, 0.3) is 10.2 Å². The third-order valence-electron chi connectivity index (χ3n) is 5.00. The van der Waals surface area contributed by atoms with Gasteiger partial charge in [-0.3, -0.25) is 14.2 Å². The quantitative estimate of drug-likeness (QED) is 0.411. The van der Waals surface area contributed by atoms with Crippen molar-refractivity contribution in [3.63, 3.8) is 0 Å². The van der Waals surface area contributed by atoms with Crippen molar-refractivity contribution in [2.24, 2.45) is 0 Å². The van der Waals surface area contributed by atoms with Gasteiger partial charge in [-0.05, 0) is 38.3 Å². The second-order valence-electron chi connectivity index (χ2n) is 7.16. The lowest BCUT2D eigenvalue weighted by Crippen LogP contribution is -2.29. The highest BCUT2D eigenvalue weighted by Crippen LogP contribution is 2.28. The number of rotatable bonds is 8. The summed E-state index contributed by atoms with van der Waals surface area (Å²) in [7, 11) is 0. The number of thioether (sulfide) groups is 1. The van der Waals surface area contributed by atoms with Gasteiger partial charge in [0, 0.05) is 11.4 Å². The number of carbonyl (C=O) groups excluding carboxylic acids is 1. The molecule has 0 radical (unpaired) electrons. The topological polar surface area (TPSA) is 64.0 Å². The van der Waals surface area contributed by atoms with Gasteiger partial charge in [-0.15, -0.1) is 11.3 Å². The molecule has 3 aromatic rings. The zero-order chi connectivity index (χ0) is 21.0. The molecule has 0 aliphatic heterocycles. The molecule has 0 aliphatic rings. The summed E-state index contributed by atoms with van der Waals surface area (Å²) in [5.74, 6) is 0.159. The predicted octanol–water partition coefficient (Wildman–Crippen LogP) is 4.84. The average molecular weight is 430 g/mol. The molecular formula is C22H27N3O2S2. The molecule has 1 N–H and O–H groups in total. The van der Waals surface area contributed by atoms with Crippen LogP contribution >= 0.6 is 23.1 Å². The number of aromatic nitrogens is 2. The minimum atomic E-state index is -0.0683. The monoisotopic (exact) mass is 429 g/mol. The Labute approximate surface area is 179 Å². The van der Waals surface area contributed by atoms with Gasteiger partial charge in [-0.1, -0.05) is 55.4 Å². The fourth-order valence-corrected chi connectivity index (χ4v) is 5.08. The van der Waals surface area contributed by atoms with E-state index in [9.17, 15) is 9.59 Å². The summed E-state index contributed by atoms with van der Waals surface area (Å²) in [5.41, 5.74) is 2.08. The van der Waals surface area contributed by atoms with Gasteiger partial charge < -0.3 is 5.32 Å². The van der Waals surface area contributed by atoms with Crippen molar-refractivity contribution < 1.29 is 4.79 Å². The summed E-state index contributed by atoms with van der Waals surface area (Å²) in [6, 6.07) is 9.81. The number of thiophene rings is 1. The van der Waals surface area contributed by atoms with E-state index in [0.717, 1.165) is 39.1 Å². The first-order chi connectivity index (χ1) is 13.9. The average Bonchev–Trinajstić information content (AvgIpc) is 3.00. The molecule has 0 aliphatic carbocycles. The predicted molar refractivity (Wildman–Crippen MR) is 122 cm³/mol. The van der Waals surface area contributed by atoms with Crippen LogP contribution in [0.2, 0.25) is 0 Å². The van der Waals surface area contributed by atoms with Crippen molar-refractivity contribution in [2.75, 3.05) is 5.75 Å². The largest absolute Gasteiger partial charge is 0.349 e. The Balaban J connectivity index is 1.79. The molecule has 5 nitrogen and oxygen atoms in total. The number of fused-ring (bicyclic) bond motifs is 1. The van der Waals surface area contributed by atoms with Crippen LogP contribution in [0.1, 0.15) is 48.7 Å². The smallest absolute Gasteiger partial charge is 0.263 e. The molecule has 0 fully saturated rings. The molecule has 0 saturated carbocycles. The number of amides is 1. The van der Waals surface area contributed by atoms with Crippen LogP contribution in [-0.4, -0.2) is 21.2 Å². The summed E-state index contributed by atoms with van der Waals surface area (Å²) in [5, 5.41) is 4.36. The third-order valence-corrected chi connectivity index (χ3v) is 7.08. The van der Waals surface area contributed by atoms with Crippen molar-refractivity contribution in [3.05, 3.63) is 56.7 Å². The standard InChI is InChI=1S/C22H27N3O2S2/c1-5-6-12-25-21(27)19-14(2)16(4)29-20(19)24-22(25)28-13-18(26)23-15(3)17-10-8-7-9-11-17/h7-11,15H,5-6,12-13H2,1-4H3,(H,23,26). The summed E-state index contributed by atoms with van der Waals surface area (Å²) in [4.78, 5) is 32.2. The first kappa shape index (κ1) is 21.6. The van der Waals surface area contributed by atoms with Crippen LogP contribution in [0.5, 0.6) is 0 Å². The Bertz CT molecular complexity index is 1060. The van der Waals surface area contributed by atoms with E-state index in [2.05, 4.69) is 12.2 Å². The van der Waals surface area contributed by atoms with Gasteiger partial charge in [0.05, 0.1) is 17.2 Å². The van der Waals surface area contributed by atoms with Crippen molar-refractivity contribution >= 4 is 39.2 Å². The Kier molecular flexibility index (Phi) is 7.14. The Morgan fingerprint density at radius 3 is 2.69 bits per heavy atom. The fourth-order valence-electron chi connectivity index (χ4n) is 3.17. The maximum Gasteiger partial charge on any atom is 0.263 e. The minimum absolute atomic E-state index is 0.00543. The van der Waals surface area contributed by atoms with Crippen LogP contribution < -0.4 is 10.9 Å². The van der Waals surface area contributed by atoms with Crippen LogP contribution in [0.4, 0.5) is 0 Å². The van der Waals surface area contributed by atoms with Crippen LogP contribution in [0.3, 0.4) is 0 Å². The number of hydrogen-bond donors (Lipinski definition) is 1. The van der Waals surface area contributed by atoms with Gasteiger partial charge in [0.15, 0.2) is 5.16 Å². The number of unbranched alkanes of at least 4 members (excludes halogenated alkanes) is 1. The van der Waals surface area contributed by atoms with Gasteiger partial charge in [-0.25, -0.2) is 4.98 Å². The van der Waals surface area contributed by atoms with E-state index in [1.54, 1.807) is 15.9 Å². The maximum absolute atomic E-state index is 13.1. The lowest BCUT2D eigenvalue weighted by Gasteiger charge is -2.15. The second-order valence-corrected chi connectivity index (χ2v) is 9.30. The minimum Gasteiger partial charge on any atom is -0.349 e. The molecule has 154 valence electrons. The third kappa shape index (κ3) is 4.90. The van der Waals surface area contributed by atoms with E-state index >= 15 is 0 Å². The van der Waals surface area contributed by atoms with Crippen molar-refractivity contribution in [1.82, 2.24) is 14.9 Å². The van der Waals surface area contributed by atoms with Crippen LogP contribution in [0.15, 0.2) is 40.3 Å². The number of hydrogen-bond acceptors (Lipinski definition) is 5. The molecule has 0 saturated heterocycles. The molecule has 3 rings (SSSR count). The molecule has 2 heterocycles. The van der Waals surface area contributed by atoms with Crippen molar-refractivity contribution in [1.29, 1.82) is 0 Å². The van der Waals surface area contributed by atoms with E-state index in [4.69, 9.17) is 4.98 Å². The first-order valence-corrected chi connectivity index (χ1v) is 11.7. The number of nitrogens with one attached hydrogen (secondary N) is 1. The Morgan fingerprint density at radius 1 is 1.28 bits per heavy atom. The molecule has 29 heavy (non-hydrogen) atoms. The van der Waals surface area contributed by atoms with Crippen LogP contribution in [0, 0.1) is 13.8 Å². The first-order valence-electron chi connectivity index (χ1n) is 9.90. The summed E-state index contributed by atoms with van der Waals surface area (Å²) >= 11 is 2.88. The normalized spacial score (nSPS) is 12.3. The van der Waals surface area contributed by atoms with E-state index in [1.165, 1.54) is 11.8 Å². The van der Waals surface area contributed by atoms with Gasteiger partial charge in [0.25, 0.3) is 5.56 Å². The number of nitrogens with zero attached hydrogens (tertiary/aromatic N) is 2. The zero-order valence-corrected chi connectivity index (χ0v) is 19.0. The van der Waals surface area contributed by atoms with E-state index in [1.807, 2.05) is 51.1 Å². The van der Waals surface area contributed by atoms with Gasteiger partial charge in [0.2, 0.25) is 5.91 Å². The highest BCUT2D eigenvalue weighted by atomic mass is 32.2. The molecule has 0 spiro atoms. The molecular weight excluding hydrogens is 402 g/mol. The lowest BCUT2D eigenvalue weighted by atomic mass is 10.1.